The third-order valence-corrected chi connectivity index (χ3v) is 6.15. The number of hydrogen-bond acceptors (Lipinski definition) is 6. The lowest BCUT2D eigenvalue weighted by Gasteiger charge is -2.16. The van der Waals surface area contributed by atoms with Crippen LogP contribution in [0.25, 0.3) is 0 Å². The minimum Gasteiger partial charge on any atom is -0.497 e. The van der Waals surface area contributed by atoms with E-state index in [0.717, 1.165) is 10.5 Å². The lowest BCUT2D eigenvalue weighted by molar-refractivity contribution is -0.120. The number of hydrogen-bond donors (Lipinski definition) is 1. The lowest BCUT2D eigenvalue weighted by atomic mass is 10.2. The van der Waals surface area contributed by atoms with Crippen molar-refractivity contribution in [1.82, 2.24) is 0 Å². The van der Waals surface area contributed by atoms with Gasteiger partial charge < -0.3 is 14.8 Å². The summed E-state index contributed by atoms with van der Waals surface area (Å²) >= 11 is 1.26. The van der Waals surface area contributed by atoms with Gasteiger partial charge in [0.2, 0.25) is 0 Å². The minimum absolute atomic E-state index is 0.216. The predicted molar refractivity (Wildman–Crippen MR) is 131 cm³/mol. The largest absolute Gasteiger partial charge is 0.497 e. The molecular weight excluding hydrogens is 436 g/mol. The highest BCUT2D eigenvalue weighted by molar-refractivity contribution is 8.04. The molecule has 4 rings (SSSR count). The van der Waals surface area contributed by atoms with Crippen molar-refractivity contribution >= 4 is 35.0 Å². The average molecular weight is 461 g/mol. The third kappa shape index (κ3) is 4.73. The van der Waals surface area contributed by atoms with Crippen molar-refractivity contribution in [3.05, 3.63) is 89.0 Å². The Bertz CT molecular complexity index is 1200. The summed E-state index contributed by atoms with van der Waals surface area (Å²) in [5.74, 6) is 0.442. The molecule has 33 heavy (non-hydrogen) atoms. The number of thioether (sulfide) groups is 1. The van der Waals surface area contributed by atoms with Crippen LogP contribution in [0.4, 0.5) is 11.4 Å². The van der Waals surface area contributed by atoms with E-state index in [-0.39, 0.29) is 11.6 Å². The van der Waals surface area contributed by atoms with Crippen LogP contribution in [0.5, 0.6) is 11.5 Å². The van der Waals surface area contributed by atoms with Crippen molar-refractivity contribution in [3.8, 4) is 11.5 Å². The monoisotopic (exact) mass is 460 g/mol. The van der Waals surface area contributed by atoms with E-state index >= 15 is 0 Å². The Morgan fingerprint density at radius 2 is 1.61 bits per heavy atom. The Kier molecular flexibility index (Phi) is 6.70. The first-order valence-corrected chi connectivity index (χ1v) is 11.3. The fourth-order valence-electron chi connectivity index (χ4n) is 3.39. The standard InChI is InChI=1S/C26H24N2O4S/c1-4-32-22-8-6-5-7-21(22)27-23-24(33-20-15-9-17(2)10-16-20)26(30)28(25(23)29)18-11-13-19(31-3)14-12-18/h5-16,27H,4H2,1-3H3. The number of ether oxygens (including phenoxy) is 2. The van der Waals surface area contributed by atoms with Gasteiger partial charge in [-0.1, -0.05) is 41.6 Å². The molecule has 3 aromatic rings. The van der Waals surface area contributed by atoms with E-state index in [1.807, 2.05) is 62.4 Å². The molecular formula is C26H24N2O4S. The molecule has 0 unspecified atom stereocenters. The number of methoxy groups -OCH3 is 1. The summed E-state index contributed by atoms with van der Waals surface area (Å²) < 4.78 is 10.9. The van der Waals surface area contributed by atoms with Crippen LogP contribution in [-0.4, -0.2) is 25.5 Å². The van der Waals surface area contributed by atoms with Crippen LogP contribution in [0.3, 0.4) is 0 Å². The van der Waals surface area contributed by atoms with E-state index in [1.54, 1.807) is 31.4 Å². The van der Waals surface area contributed by atoms with E-state index in [9.17, 15) is 9.59 Å². The Balaban J connectivity index is 1.74. The molecule has 2 amide bonds. The Labute approximate surface area is 197 Å². The second-order valence-corrected chi connectivity index (χ2v) is 8.40. The number of nitrogens with one attached hydrogen (secondary N) is 1. The molecule has 1 N–H and O–H groups in total. The molecule has 0 fully saturated rings. The molecule has 168 valence electrons. The van der Waals surface area contributed by atoms with Gasteiger partial charge in [-0.3, -0.25) is 9.59 Å². The average Bonchev–Trinajstić information content (AvgIpc) is 3.06. The van der Waals surface area contributed by atoms with E-state index < -0.39 is 5.91 Å². The summed E-state index contributed by atoms with van der Waals surface area (Å²) in [5, 5.41) is 3.18. The minimum atomic E-state index is -0.425. The molecule has 0 bridgehead atoms. The van der Waals surface area contributed by atoms with Gasteiger partial charge in [0.05, 0.1) is 25.1 Å². The maximum Gasteiger partial charge on any atom is 0.283 e. The van der Waals surface area contributed by atoms with Crippen molar-refractivity contribution in [1.29, 1.82) is 0 Å². The zero-order valence-corrected chi connectivity index (χ0v) is 19.4. The molecule has 6 nitrogen and oxygen atoms in total. The molecule has 1 heterocycles. The van der Waals surface area contributed by atoms with E-state index in [1.165, 1.54) is 16.7 Å². The van der Waals surface area contributed by atoms with Gasteiger partial charge in [-0.2, -0.15) is 0 Å². The Morgan fingerprint density at radius 1 is 0.909 bits per heavy atom. The maximum absolute atomic E-state index is 13.5. The second-order valence-electron chi connectivity index (χ2n) is 7.32. The van der Waals surface area contributed by atoms with Crippen molar-refractivity contribution in [2.75, 3.05) is 23.9 Å². The van der Waals surface area contributed by atoms with Crippen LogP contribution >= 0.6 is 11.8 Å². The van der Waals surface area contributed by atoms with Gasteiger partial charge in [-0.15, -0.1) is 0 Å². The van der Waals surface area contributed by atoms with Gasteiger partial charge in [0.25, 0.3) is 11.8 Å². The first-order chi connectivity index (χ1) is 16.0. The molecule has 0 radical (unpaired) electrons. The van der Waals surface area contributed by atoms with Crippen molar-refractivity contribution in [2.45, 2.75) is 18.7 Å². The van der Waals surface area contributed by atoms with Crippen molar-refractivity contribution in [3.63, 3.8) is 0 Å². The fraction of sp³-hybridized carbons (Fsp3) is 0.154. The molecule has 0 saturated carbocycles. The molecule has 0 aliphatic carbocycles. The van der Waals surface area contributed by atoms with Gasteiger partial charge >= 0.3 is 0 Å². The van der Waals surface area contributed by atoms with Crippen LogP contribution in [0.1, 0.15) is 12.5 Å². The summed E-state index contributed by atoms with van der Waals surface area (Å²) in [5.41, 5.74) is 2.43. The molecule has 3 aromatic carbocycles. The molecule has 0 spiro atoms. The first kappa shape index (κ1) is 22.5. The molecule has 1 aliphatic heterocycles. The summed E-state index contributed by atoms with van der Waals surface area (Å²) in [4.78, 5) is 29.3. The third-order valence-electron chi connectivity index (χ3n) is 5.06. The number of rotatable bonds is 8. The molecule has 7 heteroatoms. The highest BCUT2D eigenvalue weighted by Gasteiger charge is 2.40. The normalized spacial score (nSPS) is 13.5. The van der Waals surface area contributed by atoms with Crippen molar-refractivity contribution in [2.24, 2.45) is 0 Å². The maximum atomic E-state index is 13.5. The number of nitrogens with zero attached hydrogens (tertiary/aromatic N) is 1. The summed E-state index contributed by atoms with van der Waals surface area (Å²) in [6.07, 6.45) is 0. The summed E-state index contributed by atoms with van der Waals surface area (Å²) in [6.45, 7) is 4.37. The van der Waals surface area contributed by atoms with Gasteiger partial charge in [-0.05, 0) is 62.4 Å². The SMILES string of the molecule is CCOc1ccccc1NC1=C(Sc2ccc(C)cc2)C(=O)N(c2ccc(OC)cc2)C1=O. The summed E-state index contributed by atoms with van der Waals surface area (Å²) in [6, 6.07) is 22.0. The van der Waals surface area contributed by atoms with E-state index in [2.05, 4.69) is 5.32 Å². The number of para-hydroxylation sites is 2. The topological polar surface area (TPSA) is 67.9 Å². The number of carbonyl (C=O) groups is 2. The Hall–Kier alpha value is -3.71. The number of carbonyl (C=O) groups excluding carboxylic acids is 2. The number of benzene rings is 3. The highest BCUT2D eigenvalue weighted by atomic mass is 32.2. The molecule has 0 atom stereocenters. The number of amides is 2. The van der Waals surface area contributed by atoms with Crippen LogP contribution < -0.4 is 19.7 Å². The number of anilines is 2. The zero-order chi connectivity index (χ0) is 23.4. The van der Waals surface area contributed by atoms with Crippen molar-refractivity contribution < 1.29 is 19.1 Å². The predicted octanol–water partition coefficient (Wildman–Crippen LogP) is 5.39. The molecule has 0 aromatic heterocycles. The Morgan fingerprint density at radius 3 is 2.27 bits per heavy atom. The number of imide groups is 1. The fourth-order valence-corrected chi connectivity index (χ4v) is 4.32. The molecule has 1 aliphatic rings. The smallest absolute Gasteiger partial charge is 0.283 e. The van der Waals surface area contributed by atoms with E-state index in [4.69, 9.17) is 9.47 Å². The summed E-state index contributed by atoms with van der Waals surface area (Å²) in [7, 11) is 1.57. The van der Waals surface area contributed by atoms with Gasteiger partial charge in [-0.25, -0.2) is 4.90 Å². The van der Waals surface area contributed by atoms with Crippen LogP contribution in [-0.2, 0) is 9.59 Å². The first-order valence-electron chi connectivity index (χ1n) is 10.5. The van der Waals surface area contributed by atoms with Gasteiger partial charge in [0.15, 0.2) is 0 Å². The second kappa shape index (κ2) is 9.83. The zero-order valence-electron chi connectivity index (χ0n) is 18.6. The quantitative estimate of drug-likeness (QED) is 0.455. The van der Waals surface area contributed by atoms with E-state index in [0.29, 0.717) is 34.4 Å². The van der Waals surface area contributed by atoms with Crippen LogP contribution in [0.15, 0.2) is 88.3 Å². The molecule has 0 saturated heterocycles. The number of aryl methyl sites for hydroxylation is 1. The highest BCUT2D eigenvalue weighted by Crippen LogP contribution is 2.39. The lowest BCUT2D eigenvalue weighted by Crippen LogP contribution is -2.32. The van der Waals surface area contributed by atoms with Gasteiger partial charge in [0.1, 0.15) is 22.1 Å². The van der Waals surface area contributed by atoms with Crippen LogP contribution in [0.2, 0.25) is 0 Å². The van der Waals surface area contributed by atoms with Gasteiger partial charge in [0, 0.05) is 4.90 Å². The van der Waals surface area contributed by atoms with Crippen LogP contribution in [0, 0.1) is 6.92 Å².